The Morgan fingerprint density at radius 1 is 1.16 bits per heavy atom. The average Bonchev–Trinajstić information content (AvgIpc) is 3.09. The number of likely N-dealkylation sites (tertiary alicyclic amines) is 1. The van der Waals surface area contributed by atoms with Crippen LogP contribution in [0.1, 0.15) is 49.0 Å². The smallest absolute Gasteiger partial charge is 0.359 e. The predicted octanol–water partition coefficient (Wildman–Crippen LogP) is 2.90. The fraction of sp³-hybridized carbons (Fsp3) is 0.526. The molecule has 132 valence electrons. The molecule has 1 aliphatic carbocycles. The van der Waals surface area contributed by atoms with Gasteiger partial charge in [0, 0.05) is 18.0 Å². The van der Waals surface area contributed by atoms with Crippen LogP contribution >= 0.6 is 0 Å². The summed E-state index contributed by atoms with van der Waals surface area (Å²) in [5.74, 6) is -0.00905. The quantitative estimate of drug-likeness (QED) is 0.871. The number of hydrogen-bond acceptors (Lipinski definition) is 4. The van der Waals surface area contributed by atoms with Crippen LogP contribution in [-0.4, -0.2) is 46.2 Å². The molecule has 1 aromatic carbocycles. The van der Waals surface area contributed by atoms with Crippen LogP contribution in [0, 0.1) is 5.92 Å². The van der Waals surface area contributed by atoms with Crippen LogP contribution < -0.4 is 0 Å². The van der Waals surface area contributed by atoms with E-state index in [4.69, 9.17) is 4.74 Å². The minimum Gasteiger partial charge on any atom is -0.451 e. The maximum absolute atomic E-state index is 12.6. The van der Waals surface area contributed by atoms with Crippen LogP contribution in [0.5, 0.6) is 0 Å². The number of aromatic nitrogens is 2. The molecule has 0 bridgehead atoms. The van der Waals surface area contributed by atoms with Gasteiger partial charge >= 0.3 is 5.97 Å². The second-order valence-electron chi connectivity index (χ2n) is 7.04. The van der Waals surface area contributed by atoms with Crippen molar-refractivity contribution in [2.45, 2.75) is 44.6 Å². The number of carbonyl (C=O) groups is 2. The highest BCUT2D eigenvalue weighted by molar-refractivity contribution is 6.02. The summed E-state index contributed by atoms with van der Waals surface area (Å²) in [5.41, 5.74) is 1.01. The molecule has 6 heteroatoms. The molecule has 4 rings (SSSR count). The molecule has 1 aliphatic heterocycles. The molecule has 0 unspecified atom stereocenters. The van der Waals surface area contributed by atoms with Gasteiger partial charge in [-0.15, -0.1) is 0 Å². The Morgan fingerprint density at radius 2 is 1.96 bits per heavy atom. The lowest BCUT2D eigenvalue weighted by molar-refractivity contribution is -0.140. The molecular weight excluding hydrogens is 318 g/mol. The largest absolute Gasteiger partial charge is 0.451 e. The minimum atomic E-state index is -0.553. The van der Waals surface area contributed by atoms with Gasteiger partial charge in [-0.05, 0) is 37.7 Å². The molecule has 6 nitrogen and oxygen atoms in total. The van der Waals surface area contributed by atoms with E-state index >= 15 is 0 Å². The second kappa shape index (κ2) is 6.86. The van der Waals surface area contributed by atoms with Crippen molar-refractivity contribution in [1.29, 1.82) is 0 Å². The van der Waals surface area contributed by atoms with Crippen LogP contribution in [0.25, 0.3) is 10.9 Å². The van der Waals surface area contributed by atoms with Gasteiger partial charge < -0.3 is 9.64 Å². The Balaban J connectivity index is 1.40. The van der Waals surface area contributed by atoms with Gasteiger partial charge in [-0.25, -0.2) is 4.79 Å². The van der Waals surface area contributed by atoms with Crippen LogP contribution in [0.3, 0.4) is 0 Å². The summed E-state index contributed by atoms with van der Waals surface area (Å²) < 4.78 is 5.28. The molecule has 2 atom stereocenters. The summed E-state index contributed by atoms with van der Waals surface area (Å²) in [6.07, 6.45) is 7.01. The topological polar surface area (TPSA) is 75.3 Å². The van der Waals surface area contributed by atoms with Gasteiger partial charge in [0.05, 0.1) is 5.52 Å². The highest BCUT2D eigenvalue weighted by atomic mass is 16.5. The van der Waals surface area contributed by atoms with Crippen molar-refractivity contribution in [2.24, 2.45) is 5.92 Å². The van der Waals surface area contributed by atoms with E-state index in [1.54, 1.807) is 0 Å². The fourth-order valence-corrected chi connectivity index (χ4v) is 4.33. The van der Waals surface area contributed by atoms with Crippen LogP contribution in [0.15, 0.2) is 24.3 Å². The number of nitrogens with zero attached hydrogens (tertiary/aromatic N) is 2. The summed E-state index contributed by atoms with van der Waals surface area (Å²) >= 11 is 0. The number of aromatic amines is 1. The molecule has 25 heavy (non-hydrogen) atoms. The molecule has 1 aromatic heterocycles. The summed E-state index contributed by atoms with van der Waals surface area (Å²) in [5, 5.41) is 7.55. The van der Waals surface area contributed by atoms with E-state index in [-0.39, 0.29) is 18.2 Å². The van der Waals surface area contributed by atoms with Crippen molar-refractivity contribution < 1.29 is 14.3 Å². The first-order chi connectivity index (χ1) is 12.2. The molecule has 2 heterocycles. The number of fused-ring (bicyclic) bond motifs is 2. The summed E-state index contributed by atoms with van der Waals surface area (Å²) in [6.45, 7) is 0.576. The maximum atomic E-state index is 12.6. The summed E-state index contributed by atoms with van der Waals surface area (Å²) in [4.78, 5) is 26.9. The van der Waals surface area contributed by atoms with E-state index in [9.17, 15) is 9.59 Å². The van der Waals surface area contributed by atoms with Gasteiger partial charge in [0.15, 0.2) is 12.3 Å². The number of esters is 1. The molecule has 1 saturated heterocycles. The standard InChI is InChI=1S/C19H23N3O3/c23-17(22-11-5-7-13-6-1-4-10-16(13)22)12-25-19(24)18-14-8-2-3-9-15(14)20-21-18/h2-3,8-9,13,16H,1,4-7,10-12H2,(H,20,21)/t13-,16-/m1/s1. The van der Waals surface area contributed by atoms with E-state index in [2.05, 4.69) is 10.2 Å². The number of piperidine rings is 1. The lowest BCUT2D eigenvalue weighted by Gasteiger charge is -2.44. The first-order valence-corrected chi connectivity index (χ1v) is 9.14. The highest BCUT2D eigenvalue weighted by Crippen LogP contribution is 2.35. The molecule has 0 radical (unpaired) electrons. The van der Waals surface area contributed by atoms with Crippen molar-refractivity contribution in [3.8, 4) is 0 Å². The van der Waals surface area contributed by atoms with Crippen molar-refractivity contribution >= 4 is 22.8 Å². The van der Waals surface area contributed by atoms with Gasteiger partial charge in [0.25, 0.3) is 5.91 Å². The van der Waals surface area contributed by atoms with Gasteiger partial charge in [0.1, 0.15) is 0 Å². The van der Waals surface area contributed by atoms with E-state index in [1.807, 2.05) is 29.2 Å². The monoisotopic (exact) mass is 341 g/mol. The Bertz CT molecular complexity index is 783. The predicted molar refractivity (Wildman–Crippen MR) is 93.1 cm³/mol. The zero-order valence-corrected chi connectivity index (χ0v) is 14.2. The first-order valence-electron chi connectivity index (χ1n) is 9.14. The van der Waals surface area contributed by atoms with Crippen molar-refractivity contribution in [1.82, 2.24) is 15.1 Å². The molecule has 2 aliphatic rings. The van der Waals surface area contributed by atoms with E-state index in [0.29, 0.717) is 17.3 Å². The van der Waals surface area contributed by atoms with Crippen molar-refractivity contribution in [3.05, 3.63) is 30.0 Å². The average molecular weight is 341 g/mol. The number of carbonyl (C=O) groups excluding carboxylic acids is 2. The highest BCUT2D eigenvalue weighted by Gasteiger charge is 2.35. The van der Waals surface area contributed by atoms with Crippen LogP contribution in [0.2, 0.25) is 0 Å². The fourth-order valence-electron chi connectivity index (χ4n) is 4.33. The molecule has 2 fully saturated rings. The third kappa shape index (κ3) is 3.13. The molecule has 1 amide bonds. The van der Waals surface area contributed by atoms with Gasteiger partial charge in [-0.3, -0.25) is 9.89 Å². The normalized spacial score (nSPS) is 23.3. The maximum Gasteiger partial charge on any atom is 0.359 e. The first kappa shape index (κ1) is 16.1. The molecule has 0 spiro atoms. The number of H-pyrrole nitrogens is 1. The number of ether oxygens (including phenoxy) is 1. The summed E-state index contributed by atoms with van der Waals surface area (Å²) in [6, 6.07) is 7.71. The third-order valence-electron chi connectivity index (χ3n) is 5.55. The molecule has 1 saturated carbocycles. The SMILES string of the molecule is O=C(OCC(=O)N1CCC[C@H]2CCCC[C@H]21)c1n[nH]c2ccccc12. The number of benzene rings is 1. The van der Waals surface area contributed by atoms with E-state index < -0.39 is 5.97 Å². The number of amides is 1. The summed E-state index contributed by atoms with van der Waals surface area (Å²) in [7, 11) is 0. The number of nitrogens with one attached hydrogen (secondary N) is 1. The Kier molecular flexibility index (Phi) is 4.42. The van der Waals surface area contributed by atoms with Crippen molar-refractivity contribution in [2.75, 3.05) is 13.2 Å². The zero-order valence-electron chi connectivity index (χ0n) is 14.2. The lowest BCUT2D eigenvalue weighted by atomic mass is 9.78. The van der Waals surface area contributed by atoms with E-state index in [1.165, 1.54) is 25.7 Å². The lowest BCUT2D eigenvalue weighted by Crippen LogP contribution is -2.50. The molecule has 2 aromatic rings. The van der Waals surface area contributed by atoms with Gasteiger partial charge in [-0.2, -0.15) is 5.10 Å². The van der Waals surface area contributed by atoms with E-state index in [0.717, 1.165) is 24.9 Å². The van der Waals surface area contributed by atoms with Crippen LogP contribution in [-0.2, 0) is 9.53 Å². The third-order valence-corrected chi connectivity index (χ3v) is 5.55. The van der Waals surface area contributed by atoms with Crippen LogP contribution in [0.4, 0.5) is 0 Å². The zero-order chi connectivity index (χ0) is 17.2. The van der Waals surface area contributed by atoms with Gasteiger partial charge in [-0.1, -0.05) is 31.0 Å². The molecular formula is C19H23N3O3. The Labute approximate surface area is 146 Å². The Morgan fingerprint density at radius 3 is 2.88 bits per heavy atom. The van der Waals surface area contributed by atoms with Gasteiger partial charge in [0.2, 0.25) is 0 Å². The minimum absolute atomic E-state index is 0.0789. The number of hydrogen-bond donors (Lipinski definition) is 1. The Hall–Kier alpha value is -2.37. The number of rotatable bonds is 3. The molecule has 1 N–H and O–H groups in total. The second-order valence-corrected chi connectivity index (χ2v) is 7.04. The number of para-hydroxylation sites is 1. The van der Waals surface area contributed by atoms with Crippen molar-refractivity contribution in [3.63, 3.8) is 0 Å².